The van der Waals surface area contributed by atoms with Gasteiger partial charge in [-0.3, -0.25) is 0 Å². The predicted octanol–water partition coefficient (Wildman–Crippen LogP) is 6.39. The summed E-state index contributed by atoms with van der Waals surface area (Å²) in [7, 11) is 1.39. The Kier molecular flexibility index (Phi) is 5.34. The van der Waals surface area contributed by atoms with E-state index in [2.05, 4.69) is 59.7 Å². The van der Waals surface area contributed by atoms with Crippen molar-refractivity contribution in [2.45, 2.75) is 52.4 Å². The smallest absolute Gasteiger partial charge is 0.338 e. The van der Waals surface area contributed by atoms with Crippen molar-refractivity contribution in [2.24, 2.45) is 0 Å². The Bertz CT molecular complexity index is 760. The third kappa shape index (κ3) is 4.43. The number of carbonyl (C=O) groups excluding carboxylic acids is 1. The molecule has 0 amide bonds. The molecule has 0 heterocycles. The van der Waals surface area contributed by atoms with E-state index in [9.17, 15) is 4.79 Å². The van der Waals surface area contributed by atoms with Gasteiger partial charge < -0.3 is 4.74 Å². The van der Waals surface area contributed by atoms with Crippen LogP contribution < -0.4 is 0 Å². The van der Waals surface area contributed by atoms with E-state index in [0.29, 0.717) is 10.6 Å². The molecule has 0 radical (unpaired) electrons. The minimum atomic E-state index is -0.379. The lowest BCUT2D eigenvalue weighted by molar-refractivity contribution is 0.0601. The first kappa shape index (κ1) is 19.5. The van der Waals surface area contributed by atoms with Gasteiger partial charge in [-0.25, -0.2) is 4.79 Å². The van der Waals surface area contributed by atoms with Crippen molar-refractivity contribution in [2.75, 3.05) is 7.11 Å². The van der Waals surface area contributed by atoms with Crippen LogP contribution in [0.2, 0.25) is 5.02 Å². The van der Waals surface area contributed by atoms with Gasteiger partial charge in [0.2, 0.25) is 0 Å². The summed E-state index contributed by atoms with van der Waals surface area (Å²) in [6, 6.07) is 11.9. The van der Waals surface area contributed by atoms with Crippen molar-refractivity contribution in [3.63, 3.8) is 0 Å². The van der Waals surface area contributed by atoms with Crippen LogP contribution in [0.5, 0.6) is 0 Å². The molecule has 0 saturated heterocycles. The maximum absolute atomic E-state index is 12.2. The molecule has 0 spiro atoms. The van der Waals surface area contributed by atoms with E-state index in [-0.39, 0.29) is 16.8 Å². The SMILES string of the molecule is COC(=O)c1cc(Cl)ccc1-c1cc(C(C)(C)C)cc(C(C)(C)C)c1. The quantitative estimate of drug-likeness (QED) is 0.581. The molecular weight excluding hydrogens is 332 g/mol. The molecule has 0 N–H and O–H groups in total. The number of halogens is 1. The molecular formula is C22H27ClO2. The number of benzene rings is 2. The fourth-order valence-electron chi connectivity index (χ4n) is 2.70. The zero-order valence-corrected chi connectivity index (χ0v) is 16.9. The van der Waals surface area contributed by atoms with Crippen LogP contribution in [0.3, 0.4) is 0 Å². The van der Waals surface area contributed by atoms with Crippen molar-refractivity contribution >= 4 is 17.6 Å². The molecule has 0 aromatic heterocycles. The van der Waals surface area contributed by atoms with Gasteiger partial charge in [-0.2, -0.15) is 0 Å². The van der Waals surface area contributed by atoms with E-state index in [0.717, 1.165) is 11.1 Å². The molecule has 0 bridgehead atoms. The van der Waals surface area contributed by atoms with Gasteiger partial charge in [0.1, 0.15) is 0 Å². The monoisotopic (exact) mass is 358 g/mol. The Morgan fingerprint density at radius 2 is 1.40 bits per heavy atom. The maximum atomic E-state index is 12.2. The molecule has 25 heavy (non-hydrogen) atoms. The highest BCUT2D eigenvalue weighted by Crippen LogP contribution is 2.35. The third-order valence-corrected chi connectivity index (χ3v) is 4.60. The van der Waals surface area contributed by atoms with Crippen LogP contribution in [0, 0.1) is 0 Å². The topological polar surface area (TPSA) is 26.3 Å². The van der Waals surface area contributed by atoms with Gasteiger partial charge in [0, 0.05) is 5.02 Å². The molecule has 3 heteroatoms. The number of esters is 1. The predicted molar refractivity (Wildman–Crippen MR) is 106 cm³/mol. The highest BCUT2D eigenvalue weighted by atomic mass is 35.5. The number of carbonyl (C=O) groups is 1. The number of methoxy groups -OCH3 is 1. The summed E-state index contributed by atoms with van der Waals surface area (Å²) in [6.07, 6.45) is 0. The van der Waals surface area contributed by atoms with Crippen molar-refractivity contribution in [3.05, 3.63) is 58.1 Å². The number of rotatable bonds is 2. The lowest BCUT2D eigenvalue weighted by Crippen LogP contribution is -2.16. The molecule has 134 valence electrons. The number of hydrogen-bond donors (Lipinski definition) is 0. The minimum Gasteiger partial charge on any atom is -0.465 e. The first-order valence-electron chi connectivity index (χ1n) is 8.48. The molecule has 0 saturated carbocycles. The van der Waals surface area contributed by atoms with Crippen LogP contribution in [0.15, 0.2) is 36.4 Å². The molecule has 0 fully saturated rings. The lowest BCUT2D eigenvalue weighted by atomic mass is 9.78. The summed E-state index contributed by atoms with van der Waals surface area (Å²) in [4.78, 5) is 12.2. The van der Waals surface area contributed by atoms with Gasteiger partial charge in [0.15, 0.2) is 0 Å². The van der Waals surface area contributed by atoms with E-state index >= 15 is 0 Å². The third-order valence-electron chi connectivity index (χ3n) is 4.36. The Labute approximate surface area is 156 Å². The van der Waals surface area contributed by atoms with Gasteiger partial charge in [0.25, 0.3) is 0 Å². The first-order chi connectivity index (χ1) is 11.4. The lowest BCUT2D eigenvalue weighted by Gasteiger charge is -2.26. The Hall–Kier alpha value is -1.80. The molecule has 2 nitrogen and oxygen atoms in total. The van der Waals surface area contributed by atoms with Gasteiger partial charge in [0.05, 0.1) is 12.7 Å². The molecule has 0 unspecified atom stereocenters. The highest BCUT2D eigenvalue weighted by Gasteiger charge is 2.22. The minimum absolute atomic E-state index is 0.00780. The Morgan fingerprint density at radius 3 is 1.84 bits per heavy atom. The van der Waals surface area contributed by atoms with Gasteiger partial charge >= 0.3 is 5.97 Å². The van der Waals surface area contributed by atoms with E-state index in [4.69, 9.17) is 16.3 Å². The zero-order valence-electron chi connectivity index (χ0n) is 16.2. The largest absolute Gasteiger partial charge is 0.465 e. The van der Waals surface area contributed by atoms with E-state index in [1.807, 2.05) is 12.1 Å². The second-order valence-electron chi connectivity index (χ2n) is 8.48. The van der Waals surface area contributed by atoms with Crippen molar-refractivity contribution in [1.82, 2.24) is 0 Å². The van der Waals surface area contributed by atoms with Crippen LogP contribution in [-0.2, 0) is 15.6 Å². The maximum Gasteiger partial charge on any atom is 0.338 e. The average molecular weight is 359 g/mol. The molecule has 2 rings (SSSR count). The van der Waals surface area contributed by atoms with E-state index in [1.54, 1.807) is 6.07 Å². The fourth-order valence-corrected chi connectivity index (χ4v) is 2.87. The highest BCUT2D eigenvalue weighted by molar-refractivity contribution is 6.31. The second-order valence-corrected chi connectivity index (χ2v) is 8.92. The standard InChI is InChI=1S/C22H27ClO2/c1-21(2,3)15-10-14(11-16(12-15)22(4,5)6)18-9-8-17(23)13-19(18)20(24)25-7/h8-13H,1-7H3. The zero-order chi connectivity index (χ0) is 19.0. The molecule has 0 atom stereocenters. The summed E-state index contributed by atoms with van der Waals surface area (Å²) < 4.78 is 4.95. The summed E-state index contributed by atoms with van der Waals surface area (Å²) in [5.74, 6) is -0.379. The molecule has 2 aromatic carbocycles. The van der Waals surface area contributed by atoms with Gasteiger partial charge in [-0.15, -0.1) is 0 Å². The number of ether oxygens (including phenoxy) is 1. The second kappa shape index (κ2) is 6.84. The van der Waals surface area contributed by atoms with Crippen LogP contribution in [0.1, 0.15) is 63.0 Å². The molecule has 0 aliphatic heterocycles. The van der Waals surface area contributed by atoms with Crippen LogP contribution >= 0.6 is 11.6 Å². The number of hydrogen-bond acceptors (Lipinski definition) is 2. The van der Waals surface area contributed by atoms with Crippen LogP contribution in [0.4, 0.5) is 0 Å². The summed E-state index contributed by atoms with van der Waals surface area (Å²) >= 11 is 6.11. The molecule has 0 aliphatic rings. The molecule has 0 aliphatic carbocycles. The Balaban J connectivity index is 2.77. The summed E-state index contributed by atoms with van der Waals surface area (Å²) in [6.45, 7) is 13.2. The first-order valence-corrected chi connectivity index (χ1v) is 8.85. The summed E-state index contributed by atoms with van der Waals surface area (Å²) in [5, 5.41) is 0.521. The van der Waals surface area contributed by atoms with E-state index < -0.39 is 0 Å². The fraction of sp³-hybridized carbons (Fsp3) is 0.409. The van der Waals surface area contributed by atoms with E-state index in [1.165, 1.54) is 18.2 Å². The summed E-state index contributed by atoms with van der Waals surface area (Å²) in [5.41, 5.74) is 4.83. The van der Waals surface area contributed by atoms with Crippen molar-refractivity contribution < 1.29 is 9.53 Å². The average Bonchev–Trinajstić information content (AvgIpc) is 2.52. The van der Waals surface area contributed by atoms with Crippen LogP contribution in [-0.4, -0.2) is 13.1 Å². The normalized spacial score (nSPS) is 12.2. The van der Waals surface area contributed by atoms with Crippen LogP contribution in [0.25, 0.3) is 11.1 Å². The Morgan fingerprint density at radius 1 is 0.880 bits per heavy atom. The van der Waals surface area contributed by atoms with Crippen molar-refractivity contribution in [1.29, 1.82) is 0 Å². The molecule has 2 aromatic rings. The van der Waals surface area contributed by atoms with Gasteiger partial charge in [-0.05, 0) is 45.2 Å². The van der Waals surface area contributed by atoms with Crippen molar-refractivity contribution in [3.8, 4) is 11.1 Å². The van der Waals surface area contributed by atoms with Gasteiger partial charge in [-0.1, -0.05) is 77.4 Å².